The number of nitrogens with zero attached hydrogens (tertiary/aromatic N) is 2. The second-order valence-corrected chi connectivity index (χ2v) is 10.3. The van der Waals surface area contributed by atoms with Gasteiger partial charge in [0.25, 0.3) is 0 Å². The minimum atomic E-state index is 0.677. The lowest BCUT2D eigenvalue weighted by atomic mass is 10.2. The maximum atomic E-state index is 9.42. The average Bonchev–Trinajstić information content (AvgIpc) is 3.56. The third-order valence-corrected chi connectivity index (χ3v) is 7.86. The van der Waals surface area contributed by atoms with E-state index in [1.807, 2.05) is 59.3 Å². The predicted molar refractivity (Wildman–Crippen MR) is 134 cm³/mol. The third kappa shape index (κ3) is 4.94. The van der Waals surface area contributed by atoms with Crippen molar-refractivity contribution < 1.29 is 0 Å². The van der Waals surface area contributed by atoms with Crippen molar-refractivity contribution in [2.75, 3.05) is 0 Å². The van der Waals surface area contributed by atoms with Gasteiger partial charge >= 0.3 is 0 Å². The van der Waals surface area contributed by atoms with E-state index in [0.29, 0.717) is 11.3 Å². The van der Waals surface area contributed by atoms with Crippen LogP contribution in [0.5, 0.6) is 0 Å². The van der Waals surface area contributed by atoms with Gasteiger partial charge in [-0.25, -0.2) is 4.85 Å². The number of hydrogen-bond donors (Lipinski definition) is 0. The van der Waals surface area contributed by atoms with Crippen LogP contribution in [0.1, 0.15) is 29.3 Å². The highest BCUT2D eigenvalue weighted by atomic mass is 32.1. The van der Waals surface area contributed by atoms with Gasteiger partial charge in [-0.1, -0.05) is 18.2 Å². The van der Waals surface area contributed by atoms with Crippen molar-refractivity contribution in [2.24, 2.45) is 0 Å². The van der Waals surface area contributed by atoms with Gasteiger partial charge in [0.2, 0.25) is 5.70 Å². The molecular weight excluding hydrogens is 445 g/mol. The summed E-state index contributed by atoms with van der Waals surface area (Å²) >= 11 is 6.48. The smallest absolute Gasteiger partial charge is 0.205 e. The van der Waals surface area contributed by atoms with Crippen molar-refractivity contribution in [3.8, 4) is 6.07 Å². The largest absolute Gasteiger partial charge is 0.237 e. The molecule has 144 valence electrons. The van der Waals surface area contributed by atoms with Gasteiger partial charge in [-0.3, -0.25) is 0 Å². The summed E-state index contributed by atoms with van der Waals surface area (Å²) in [6.45, 7) is 7.43. The zero-order chi connectivity index (χ0) is 20.8. The minimum absolute atomic E-state index is 0.677. The molecule has 0 aliphatic carbocycles. The molecule has 0 fully saturated rings. The molecule has 0 aliphatic rings. The summed E-state index contributed by atoms with van der Waals surface area (Å²) in [4.78, 5) is 10.1. The predicted octanol–water partition coefficient (Wildman–Crippen LogP) is 8.58. The molecule has 0 bridgehead atoms. The van der Waals surface area contributed by atoms with Crippen LogP contribution in [0.25, 0.3) is 40.4 Å². The Kier molecular flexibility index (Phi) is 6.53. The third-order valence-electron chi connectivity index (χ3n) is 4.07. The molecule has 0 saturated heterocycles. The molecule has 0 unspecified atom stereocenters. The number of allylic oxidation sites excluding steroid dienone is 1. The van der Waals surface area contributed by atoms with Gasteiger partial charge in [0, 0.05) is 29.3 Å². The fourth-order valence-electron chi connectivity index (χ4n) is 2.69. The molecule has 30 heavy (non-hydrogen) atoms. The molecule has 0 aliphatic heterocycles. The topological polar surface area (TPSA) is 28.1 Å². The standard InChI is InChI=1S/C24H14N2S4/c1-26-22(24-5-3-13-28-24)15-21-11-9-19(30-21)7-6-18-8-10-20(29-18)14-17(16-25)23-4-2-12-27-23/h2-15H/b7-6+,17-14+,22-15-. The van der Waals surface area contributed by atoms with Crippen LogP contribution in [0.3, 0.4) is 0 Å². The van der Waals surface area contributed by atoms with Gasteiger partial charge in [-0.2, -0.15) is 16.6 Å². The zero-order valence-corrected chi connectivity index (χ0v) is 18.9. The molecule has 0 atom stereocenters. The Morgan fingerprint density at radius 1 is 0.800 bits per heavy atom. The maximum absolute atomic E-state index is 9.42. The minimum Gasteiger partial charge on any atom is -0.237 e. The first-order valence-electron chi connectivity index (χ1n) is 8.91. The number of thiophene rings is 4. The normalized spacial score (nSPS) is 12.2. The highest BCUT2D eigenvalue weighted by Crippen LogP contribution is 2.29. The first kappa shape index (κ1) is 20.3. The number of rotatable bonds is 6. The molecule has 0 aromatic carbocycles. The lowest BCUT2D eigenvalue weighted by molar-refractivity contribution is 1.54. The Morgan fingerprint density at radius 2 is 1.37 bits per heavy atom. The first-order valence-corrected chi connectivity index (χ1v) is 12.3. The van der Waals surface area contributed by atoms with Crippen molar-refractivity contribution in [1.82, 2.24) is 0 Å². The molecule has 4 aromatic heterocycles. The molecule has 0 N–H and O–H groups in total. The van der Waals surface area contributed by atoms with E-state index < -0.39 is 0 Å². The number of hydrogen-bond acceptors (Lipinski definition) is 5. The van der Waals surface area contributed by atoms with E-state index >= 15 is 0 Å². The van der Waals surface area contributed by atoms with E-state index in [0.717, 1.165) is 29.3 Å². The van der Waals surface area contributed by atoms with Crippen molar-refractivity contribution >= 4 is 80.9 Å². The van der Waals surface area contributed by atoms with Crippen LogP contribution >= 0.6 is 45.3 Å². The first-order chi connectivity index (χ1) is 14.7. The van der Waals surface area contributed by atoms with E-state index in [9.17, 15) is 5.26 Å². The van der Waals surface area contributed by atoms with E-state index in [1.165, 1.54) is 0 Å². The Labute approximate surface area is 191 Å². The van der Waals surface area contributed by atoms with E-state index in [1.54, 1.807) is 45.3 Å². The van der Waals surface area contributed by atoms with Crippen molar-refractivity contribution in [3.05, 3.63) is 100.0 Å². The van der Waals surface area contributed by atoms with E-state index in [4.69, 9.17) is 6.57 Å². The Bertz CT molecular complexity index is 1200. The molecule has 0 spiro atoms. The van der Waals surface area contributed by atoms with E-state index in [-0.39, 0.29) is 0 Å². The highest BCUT2D eigenvalue weighted by molar-refractivity contribution is 7.15. The summed E-state index contributed by atoms with van der Waals surface area (Å²) in [5.41, 5.74) is 1.37. The fraction of sp³-hybridized carbons (Fsp3) is 0. The molecule has 4 rings (SSSR count). The summed E-state index contributed by atoms with van der Waals surface area (Å²) in [5.74, 6) is 0. The Morgan fingerprint density at radius 3 is 1.90 bits per heavy atom. The second kappa shape index (κ2) is 9.67. The molecule has 0 radical (unpaired) electrons. The summed E-state index contributed by atoms with van der Waals surface area (Å²) < 4.78 is 0. The van der Waals surface area contributed by atoms with Crippen molar-refractivity contribution in [1.29, 1.82) is 5.26 Å². The quantitative estimate of drug-likeness (QED) is 0.210. The van der Waals surface area contributed by atoms with Crippen LogP contribution in [0.2, 0.25) is 0 Å². The van der Waals surface area contributed by atoms with Gasteiger partial charge in [0.1, 0.15) is 6.07 Å². The molecule has 6 heteroatoms. The summed E-state index contributed by atoms with van der Waals surface area (Å²) in [6.07, 6.45) is 8.07. The summed E-state index contributed by atoms with van der Waals surface area (Å²) in [6, 6.07) is 18.4. The zero-order valence-electron chi connectivity index (χ0n) is 15.6. The van der Waals surface area contributed by atoms with E-state index in [2.05, 4.69) is 35.2 Å². The number of nitriles is 1. The van der Waals surface area contributed by atoms with Crippen LogP contribution in [0, 0.1) is 17.9 Å². The Balaban J connectivity index is 1.48. The van der Waals surface area contributed by atoms with Crippen LogP contribution in [0.4, 0.5) is 0 Å². The van der Waals surface area contributed by atoms with Crippen LogP contribution in [0.15, 0.2) is 59.3 Å². The average molecular weight is 459 g/mol. The highest BCUT2D eigenvalue weighted by Gasteiger charge is 2.05. The lowest BCUT2D eigenvalue weighted by Gasteiger charge is -1.92. The van der Waals surface area contributed by atoms with Crippen LogP contribution in [-0.2, 0) is 0 Å². The van der Waals surface area contributed by atoms with Gasteiger partial charge in [-0.15, -0.1) is 34.0 Å². The molecule has 0 saturated carbocycles. The SMILES string of the molecule is [C-]#[N+]/C(=C\c1ccc(/C=C/c2ccc(/C=C(\C#N)c3cccs3)s2)s1)c1cccs1. The monoisotopic (exact) mass is 458 g/mol. The lowest BCUT2D eigenvalue weighted by Crippen LogP contribution is -1.72. The van der Waals surface area contributed by atoms with Gasteiger partial charge in [0.05, 0.1) is 12.1 Å². The van der Waals surface area contributed by atoms with Crippen LogP contribution < -0.4 is 0 Å². The van der Waals surface area contributed by atoms with Gasteiger partial charge < -0.3 is 0 Å². The van der Waals surface area contributed by atoms with Crippen molar-refractivity contribution in [2.45, 2.75) is 0 Å². The summed E-state index contributed by atoms with van der Waals surface area (Å²) in [5, 5.41) is 13.4. The molecule has 4 heterocycles. The maximum Gasteiger partial charge on any atom is 0.205 e. The molecule has 0 amide bonds. The van der Waals surface area contributed by atoms with Crippen molar-refractivity contribution in [3.63, 3.8) is 0 Å². The van der Waals surface area contributed by atoms with Gasteiger partial charge in [-0.05, 0) is 65.4 Å². The molecule has 4 aromatic rings. The fourth-order valence-corrected chi connectivity index (χ4v) is 5.77. The molecule has 2 nitrogen and oxygen atoms in total. The van der Waals surface area contributed by atoms with Crippen LogP contribution in [-0.4, -0.2) is 0 Å². The Hall–Kier alpha value is -3.00. The molecular formula is C24H14N2S4. The van der Waals surface area contributed by atoms with Gasteiger partial charge in [0.15, 0.2) is 0 Å². The summed E-state index contributed by atoms with van der Waals surface area (Å²) in [7, 11) is 0. The second-order valence-electron chi connectivity index (χ2n) is 6.08.